The summed E-state index contributed by atoms with van der Waals surface area (Å²) in [6, 6.07) is -0.166. The second-order valence-electron chi connectivity index (χ2n) is 7.60. The van der Waals surface area contributed by atoms with Crippen molar-refractivity contribution in [1.82, 2.24) is 14.8 Å². The molecule has 0 N–H and O–H groups in total. The van der Waals surface area contributed by atoms with Gasteiger partial charge in [0.25, 0.3) is 0 Å². The lowest BCUT2D eigenvalue weighted by Gasteiger charge is -2.44. The van der Waals surface area contributed by atoms with E-state index in [1.165, 1.54) is 12.8 Å². The molecule has 1 saturated carbocycles. The van der Waals surface area contributed by atoms with Gasteiger partial charge in [-0.25, -0.2) is 13.4 Å². The zero-order chi connectivity index (χ0) is 17.6. The summed E-state index contributed by atoms with van der Waals surface area (Å²) >= 11 is 1.59. The van der Waals surface area contributed by atoms with Gasteiger partial charge in [0.1, 0.15) is 0 Å². The predicted octanol–water partition coefficient (Wildman–Crippen LogP) is 1.10. The summed E-state index contributed by atoms with van der Waals surface area (Å²) in [5.74, 6) is 1.17. The number of sulfone groups is 1. The van der Waals surface area contributed by atoms with Crippen molar-refractivity contribution in [2.24, 2.45) is 5.92 Å². The first-order chi connectivity index (χ1) is 11.9. The Bertz CT molecular complexity index is 757. The maximum absolute atomic E-state index is 12.8. The summed E-state index contributed by atoms with van der Waals surface area (Å²) in [5, 5.41) is 0. The van der Waals surface area contributed by atoms with Crippen molar-refractivity contribution in [2.45, 2.75) is 44.7 Å². The van der Waals surface area contributed by atoms with Crippen LogP contribution in [0.4, 0.5) is 0 Å². The number of thiazole rings is 1. The van der Waals surface area contributed by atoms with Crippen molar-refractivity contribution in [3.8, 4) is 0 Å². The van der Waals surface area contributed by atoms with Crippen molar-refractivity contribution in [1.29, 1.82) is 0 Å². The highest BCUT2D eigenvalue weighted by molar-refractivity contribution is 7.91. The van der Waals surface area contributed by atoms with E-state index in [1.807, 2.05) is 17.3 Å². The van der Waals surface area contributed by atoms with E-state index in [2.05, 4.69) is 9.88 Å². The van der Waals surface area contributed by atoms with Crippen molar-refractivity contribution in [3.63, 3.8) is 0 Å². The Morgan fingerprint density at radius 2 is 2.04 bits per heavy atom. The summed E-state index contributed by atoms with van der Waals surface area (Å²) in [5.41, 5.74) is 2.80. The van der Waals surface area contributed by atoms with Crippen LogP contribution in [0.2, 0.25) is 0 Å². The molecule has 4 rings (SSSR count). The third-order valence-corrected chi connectivity index (χ3v) is 8.41. The molecule has 6 nitrogen and oxygen atoms in total. The second kappa shape index (κ2) is 6.63. The van der Waals surface area contributed by atoms with Gasteiger partial charge in [0, 0.05) is 37.0 Å². The number of aromatic nitrogens is 1. The highest BCUT2D eigenvalue weighted by Crippen LogP contribution is 2.34. The highest BCUT2D eigenvalue weighted by atomic mass is 32.2. The number of piperazine rings is 1. The molecule has 138 valence electrons. The van der Waals surface area contributed by atoms with Crippen LogP contribution in [0.15, 0.2) is 5.51 Å². The van der Waals surface area contributed by atoms with Gasteiger partial charge < -0.3 is 4.90 Å². The van der Waals surface area contributed by atoms with E-state index in [0.717, 1.165) is 29.6 Å². The number of nitrogens with zero attached hydrogens (tertiary/aromatic N) is 3. The topological polar surface area (TPSA) is 70.6 Å². The van der Waals surface area contributed by atoms with E-state index in [4.69, 9.17) is 0 Å². The molecular weight excluding hydrogens is 358 g/mol. The first-order valence-electron chi connectivity index (χ1n) is 9.06. The van der Waals surface area contributed by atoms with Gasteiger partial charge in [-0.05, 0) is 32.1 Å². The largest absolute Gasteiger partial charge is 0.336 e. The van der Waals surface area contributed by atoms with Gasteiger partial charge in [-0.1, -0.05) is 0 Å². The molecule has 0 aromatic carbocycles. The number of amides is 1. The third kappa shape index (κ3) is 3.75. The van der Waals surface area contributed by atoms with Gasteiger partial charge in [-0.2, -0.15) is 0 Å². The number of hydrogen-bond donors (Lipinski definition) is 0. The standard InChI is InChI=1S/C17H25N3O3S2/c1-12-16(24-11-18-12)4-5-17(21)20-7-6-19(8-13-2-3-13)14-9-25(22,23)10-15(14)20/h11,13-15H,2-10H2,1H3. The van der Waals surface area contributed by atoms with Crippen LogP contribution in [-0.2, 0) is 21.1 Å². The molecule has 3 aliphatic rings. The minimum Gasteiger partial charge on any atom is -0.336 e. The highest BCUT2D eigenvalue weighted by Gasteiger charge is 2.48. The number of carbonyl (C=O) groups is 1. The van der Waals surface area contributed by atoms with Crippen LogP contribution < -0.4 is 0 Å². The molecule has 0 spiro atoms. The lowest BCUT2D eigenvalue weighted by Crippen LogP contribution is -2.60. The van der Waals surface area contributed by atoms with E-state index < -0.39 is 9.84 Å². The van der Waals surface area contributed by atoms with Crippen LogP contribution in [0.25, 0.3) is 0 Å². The molecule has 2 atom stereocenters. The maximum atomic E-state index is 12.8. The fourth-order valence-corrected chi connectivity index (χ4v) is 6.92. The van der Waals surface area contributed by atoms with E-state index in [0.29, 0.717) is 19.4 Å². The average Bonchev–Trinajstić information content (AvgIpc) is 3.18. The Balaban J connectivity index is 1.44. The van der Waals surface area contributed by atoms with Gasteiger partial charge in [-0.3, -0.25) is 9.69 Å². The summed E-state index contributed by atoms with van der Waals surface area (Å²) in [6.45, 7) is 4.42. The molecule has 2 aliphatic heterocycles. The Morgan fingerprint density at radius 1 is 1.28 bits per heavy atom. The molecule has 1 aromatic rings. The number of aryl methyl sites for hydroxylation is 2. The van der Waals surface area contributed by atoms with Crippen LogP contribution in [-0.4, -0.2) is 72.3 Å². The molecule has 2 unspecified atom stereocenters. The number of fused-ring (bicyclic) bond motifs is 1. The average molecular weight is 384 g/mol. The van der Waals surface area contributed by atoms with Gasteiger partial charge >= 0.3 is 0 Å². The first-order valence-corrected chi connectivity index (χ1v) is 11.8. The Labute approximate surface area is 153 Å². The van der Waals surface area contributed by atoms with E-state index in [9.17, 15) is 13.2 Å². The molecule has 3 heterocycles. The molecule has 25 heavy (non-hydrogen) atoms. The van der Waals surface area contributed by atoms with Crippen LogP contribution in [0, 0.1) is 12.8 Å². The molecule has 0 bridgehead atoms. The monoisotopic (exact) mass is 383 g/mol. The van der Waals surface area contributed by atoms with Gasteiger partial charge in [0.15, 0.2) is 9.84 Å². The molecule has 1 aliphatic carbocycles. The molecule has 8 heteroatoms. The Kier molecular flexibility index (Phi) is 4.62. The molecular formula is C17H25N3O3S2. The normalized spacial score (nSPS) is 28.9. The molecule has 1 aromatic heterocycles. The van der Waals surface area contributed by atoms with Crippen molar-refractivity contribution < 1.29 is 13.2 Å². The molecule has 2 saturated heterocycles. The van der Waals surface area contributed by atoms with Crippen LogP contribution in [0.3, 0.4) is 0 Å². The third-order valence-electron chi connectivity index (χ3n) is 5.71. The SMILES string of the molecule is Cc1ncsc1CCC(=O)N1CCN(CC2CC2)C2CS(=O)(=O)CC21. The lowest BCUT2D eigenvalue weighted by molar-refractivity contribution is -0.137. The smallest absolute Gasteiger partial charge is 0.223 e. The zero-order valence-corrected chi connectivity index (χ0v) is 16.2. The van der Waals surface area contributed by atoms with Gasteiger partial charge in [0.05, 0.1) is 28.8 Å². The first kappa shape index (κ1) is 17.4. The molecule has 3 fully saturated rings. The van der Waals surface area contributed by atoms with Crippen LogP contribution in [0.1, 0.15) is 29.8 Å². The fraction of sp³-hybridized carbons (Fsp3) is 0.765. The zero-order valence-electron chi connectivity index (χ0n) is 14.6. The number of carbonyl (C=O) groups excluding carboxylic acids is 1. The van der Waals surface area contributed by atoms with E-state index in [-0.39, 0.29) is 29.5 Å². The van der Waals surface area contributed by atoms with Crippen LogP contribution >= 0.6 is 11.3 Å². The van der Waals surface area contributed by atoms with Crippen molar-refractivity contribution in [3.05, 3.63) is 16.1 Å². The van der Waals surface area contributed by atoms with Crippen molar-refractivity contribution in [2.75, 3.05) is 31.1 Å². The predicted molar refractivity (Wildman–Crippen MR) is 97.4 cm³/mol. The minimum atomic E-state index is -3.05. The van der Waals surface area contributed by atoms with Gasteiger partial charge in [-0.15, -0.1) is 11.3 Å². The quantitative estimate of drug-likeness (QED) is 0.762. The number of hydrogen-bond acceptors (Lipinski definition) is 6. The van der Waals surface area contributed by atoms with Crippen LogP contribution in [0.5, 0.6) is 0 Å². The van der Waals surface area contributed by atoms with Gasteiger partial charge in [0.2, 0.25) is 5.91 Å². The van der Waals surface area contributed by atoms with Crippen molar-refractivity contribution >= 4 is 27.1 Å². The summed E-state index contributed by atoms with van der Waals surface area (Å²) < 4.78 is 24.5. The molecule has 0 radical (unpaired) electrons. The van der Waals surface area contributed by atoms with E-state index in [1.54, 1.807) is 11.3 Å². The lowest BCUT2D eigenvalue weighted by atomic mass is 10.0. The summed E-state index contributed by atoms with van der Waals surface area (Å²) in [6.07, 6.45) is 3.66. The Morgan fingerprint density at radius 3 is 2.72 bits per heavy atom. The summed E-state index contributed by atoms with van der Waals surface area (Å²) in [4.78, 5) is 22.4. The molecule has 1 amide bonds. The fourth-order valence-electron chi connectivity index (χ4n) is 4.12. The van der Waals surface area contributed by atoms with E-state index >= 15 is 0 Å². The maximum Gasteiger partial charge on any atom is 0.223 e. The number of rotatable bonds is 5. The second-order valence-corrected chi connectivity index (χ2v) is 10.7. The minimum absolute atomic E-state index is 0.00607. The Hall–Kier alpha value is -0.990. The summed E-state index contributed by atoms with van der Waals surface area (Å²) in [7, 11) is -3.05.